The predicted octanol–water partition coefficient (Wildman–Crippen LogP) is 3.89. The molecular weight excluding hydrogens is 394 g/mol. The number of nitrogens with one attached hydrogen (secondary N) is 1. The van der Waals surface area contributed by atoms with Crippen molar-refractivity contribution in [3.05, 3.63) is 50.9 Å². The molecule has 1 aliphatic heterocycles. The summed E-state index contributed by atoms with van der Waals surface area (Å²) in [5, 5.41) is 6.83. The Hall–Kier alpha value is -1.92. The van der Waals surface area contributed by atoms with Crippen LogP contribution in [-0.2, 0) is 11.2 Å². The van der Waals surface area contributed by atoms with Gasteiger partial charge in [-0.15, -0.1) is 11.3 Å². The molecule has 1 aliphatic carbocycles. The van der Waals surface area contributed by atoms with Gasteiger partial charge in [0, 0.05) is 53.9 Å². The topological polar surface area (TPSA) is 62.3 Å². The van der Waals surface area contributed by atoms with Gasteiger partial charge in [0.2, 0.25) is 5.91 Å². The molecule has 0 bridgehead atoms. The number of hydrogen-bond donors (Lipinski definition) is 1. The van der Waals surface area contributed by atoms with Gasteiger partial charge in [-0.05, 0) is 43.9 Å². The van der Waals surface area contributed by atoms with Crippen LogP contribution in [0, 0.1) is 5.92 Å². The van der Waals surface area contributed by atoms with E-state index in [1.54, 1.807) is 23.5 Å². The van der Waals surface area contributed by atoms with Crippen LogP contribution in [0.4, 0.5) is 0 Å². The Kier molecular flexibility index (Phi) is 5.97. The third-order valence-corrected chi connectivity index (χ3v) is 6.69. The van der Waals surface area contributed by atoms with E-state index in [1.807, 2.05) is 17.0 Å². The largest absolute Gasteiger partial charge is 0.355 e. The van der Waals surface area contributed by atoms with Gasteiger partial charge in [-0.3, -0.25) is 9.59 Å². The van der Waals surface area contributed by atoms with Crippen molar-refractivity contribution in [2.75, 3.05) is 19.6 Å². The summed E-state index contributed by atoms with van der Waals surface area (Å²) >= 11 is 7.70. The Morgan fingerprint density at radius 2 is 2.00 bits per heavy atom. The number of carbonyl (C=O) groups excluding carboxylic acids is 2. The zero-order valence-corrected chi connectivity index (χ0v) is 17.3. The van der Waals surface area contributed by atoms with E-state index >= 15 is 0 Å². The smallest absolute Gasteiger partial charge is 0.253 e. The monoisotopic (exact) mass is 417 g/mol. The number of thiazole rings is 1. The summed E-state index contributed by atoms with van der Waals surface area (Å²) in [6.07, 6.45) is 4.70. The highest BCUT2D eigenvalue weighted by Gasteiger charge is 2.29. The number of aromatic nitrogens is 1. The molecule has 148 valence electrons. The van der Waals surface area contributed by atoms with Gasteiger partial charge in [0.15, 0.2) is 0 Å². The van der Waals surface area contributed by atoms with Crippen LogP contribution in [0.5, 0.6) is 0 Å². The van der Waals surface area contributed by atoms with Gasteiger partial charge < -0.3 is 10.2 Å². The number of benzene rings is 1. The highest BCUT2D eigenvalue weighted by atomic mass is 35.5. The van der Waals surface area contributed by atoms with E-state index in [1.165, 1.54) is 0 Å². The summed E-state index contributed by atoms with van der Waals surface area (Å²) in [4.78, 5) is 31.0. The number of rotatable bonds is 6. The zero-order valence-electron chi connectivity index (χ0n) is 15.7. The third kappa shape index (κ3) is 4.73. The second-order valence-electron chi connectivity index (χ2n) is 7.57. The van der Waals surface area contributed by atoms with E-state index in [4.69, 9.17) is 16.6 Å². The maximum absolute atomic E-state index is 12.6. The molecule has 1 saturated carbocycles. The number of hydrogen-bond acceptors (Lipinski definition) is 4. The standard InChI is InChI=1S/C21H24ClN3O2S/c22-17-3-1-2-16(12-17)21(27)25-10-7-15(8-11-25)20-24-18(13-28-20)6-9-23-19(26)14-4-5-14/h1-3,12-15H,4-11H2,(H,23,26). The van der Waals surface area contributed by atoms with Crippen LogP contribution >= 0.6 is 22.9 Å². The fourth-order valence-electron chi connectivity index (χ4n) is 3.56. The highest BCUT2D eigenvalue weighted by Crippen LogP contribution is 2.31. The lowest BCUT2D eigenvalue weighted by Gasteiger charge is -2.31. The minimum Gasteiger partial charge on any atom is -0.355 e. The minimum absolute atomic E-state index is 0.0483. The molecule has 0 radical (unpaired) electrons. The van der Waals surface area contributed by atoms with Crippen molar-refractivity contribution < 1.29 is 9.59 Å². The van der Waals surface area contributed by atoms with Crippen LogP contribution in [0.2, 0.25) is 5.02 Å². The molecule has 28 heavy (non-hydrogen) atoms. The number of amides is 2. The summed E-state index contributed by atoms with van der Waals surface area (Å²) in [5.74, 6) is 0.897. The number of likely N-dealkylation sites (tertiary alicyclic amines) is 1. The molecule has 2 aliphatic rings. The lowest BCUT2D eigenvalue weighted by Crippen LogP contribution is -2.37. The maximum atomic E-state index is 12.6. The molecule has 1 aromatic heterocycles. The Bertz CT molecular complexity index is 857. The fourth-order valence-corrected chi connectivity index (χ4v) is 4.78. The van der Waals surface area contributed by atoms with Crippen LogP contribution in [0.1, 0.15) is 52.7 Å². The average molecular weight is 418 g/mol. The Balaban J connectivity index is 1.26. The fraction of sp³-hybridized carbons (Fsp3) is 0.476. The molecule has 2 aromatic rings. The van der Waals surface area contributed by atoms with Gasteiger partial charge in [-0.1, -0.05) is 17.7 Å². The Labute approximate surface area is 174 Å². The number of halogens is 1. The van der Waals surface area contributed by atoms with Crippen molar-refractivity contribution in [2.24, 2.45) is 5.92 Å². The molecule has 0 atom stereocenters. The first-order chi connectivity index (χ1) is 13.6. The van der Waals surface area contributed by atoms with E-state index in [0.717, 1.165) is 55.9 Å². The third-order valence-electron chi connectivity index (χ3n) is 5.40. The number of piperidine rings is 1. The average Bonchev–Trinajstić information content (AvgIpc) is 3.46. The van der Waals surface area contributed by atoms with Gasteiger partial charge in [0.1, 0.15) is 0 Å². The Morgan fingerprint density at radius 3 is 2.71 bits per heavy atom. The second kappa shape index (κ2) is 8.62. The quantitative estimate of drug-likeness (QED) is 0.775. The van der Waals surface area contributed by atoms with Crippen molar-refractivity contribution in [2.45, 2.75) is 38.0 Å². The molecule has 2 fully saturated rings. The van der Waals surface area contributed by atoms with Crippen molar-refractivity contribution >= 4 is 34.8 Å². The minimum atomic E-state index is 0.0483. The lowest BCUT2D eigenvalue weighted by atomic mass is 9.97. The molecule has 0 unspecified atom stereocenters. The highest BCUT2D eigenvalue weighted by molar-refractivity contribution is 7.09. The molecule has 1 saturated heterocycles. The summed E-state index contributed by atoms with van der Waals surface area (Å²) in [5.41, 5.74) is 1.70. The van der Waals surface area contributed by atoms with Gasteiger partial charge in [-0.2, -0.15) is 0 Å². The molecule has 2 amide bonds. The van der Waals surface area contributed by atoms with Crippen LogP contribution in [0.25, 0.3) is 0 Å². The second-order valence-corrected chi connectivity index (χ2v) is 8.90. The first-order valence-corrected chi connectivity index (χ1v) is 11.1. The molecule has 1 N–H and O–H groups in total. The molecule has 5 nitrogen and oxygen atoms in total. The Morgan fingerprint density at radius 1 is 1.21 bits per heavy atom. The van der Waals surface area contributed by atoms with Gasteiger partial charge >= 0.3 is 0 Å². The predicted molar refractivity (Wildman–Crippen MR) is 111 cm³/mol. The van der Waals surface area contributed by atoms with Gasteiger partial charge in [0.25, 0.3) is 5.91 Å². The van der Waals surface area contributed by atoms with Gasteiger partial charge in [-0.25, -0.2) is 4.98 Å². The first kappa shape index (κ1) is 19.4. The first-order valence-electron chi connectivity index (χ1n) is 9.87. The van der Waals surface area contributed by atoms with Crippen LogP contribution in [0.3, 0.4) is 0 Å². The summed E-state index contributed by atoms with van der Waals surface area (Å²) in [6, 6.07) is 7.13. The number of carbonyl (C=O) groups is 2. The van der Waals surface area contributed by atoms with E-state index < -0.39 is 0 Å². The SMILES string of the molecule is O=C(NCCc1csc(C2CCN(C(=O)c3cccc(Cl)c3)CC2)n1)C1CC1. The summed E-state index contributed by atoms with van der Waals surface area (Å²) in [7, 11) is 0. The van der Waals surface area contributed by atoms with Crippen LogP contribution < -0.4 is 5.32 Å². The normalized spacial score (nSPS) is 17.5. The van der Waals surface area contributed by atoms with Gasteiger partial charge in [0.05, 0.1) is 10.7 Å². The van der Waals surface area contributed by atoms with E-state index in [9.17, 15) is 9.59 Å². The maximum Gasteiger partial charge on any atom is 0.253 e. The molecule has 4 rings (SSSR count). The van der Waals surface area contributed by atoms with Crippen LogP contribution in [0.15, 0.2) is 29.6 Å². The van der Waals surface area contributed by atoms with E-state index in [2.05, 4.69) is 10.7 Å². The van der Waals surface area contributed by atoms with Crippen molar-refractivity contribution in [3.8, 4) is 0 Å². The van der Waals surface area contributed by atoms with E-state index in [-0.39, 0.29) is 17.7 Å². The molecular formula is C21H24ClN3O2S. The molecule has 2 heterocycles. The summed E-state index contributed by atoms with van der Waals surface area (Å²) in [6.45, 7) is 2.13. The lowest BCUT2D eigenvalue weighted by molar-refractivity contribution is -0.122. The van der Waals surface area contributed by atoms with Crippen molar-refractivity contribution in [1.29, 1.82) is 0 Å². The molecule has 7 heteroatoms. The van der Waals surface area contributed by atoms with Crippen molar-refractivity contribution in [3.63, 3.8) is 0 Å². The summed E-state index contributed by atoms with van der Waals surface area (Å²) < 4.78 is 0. The molecule has 1 aromatic carbocycles. The zero-order chi connectivity index (χ0) is 19.5. The van der Waals surface area contributed by atoms with Crippen molar-refractivity contribution in [1.82, 2.24) is 15.2 Å². The molecule has 0 spiro atoms. The van der Waals surface area contributed by atoms with Crippen LogP contribution in [-0.4, -0.2) is 41.3 Å². The number of nitrogens with zero attached hydrogens (tertiary/aromatic N) is 2. The van der Waals surface area contributed by atoms with E-state index in [0.29, 0.717) is 23.0 Å².